The normalized spacial score (nSPS) is 12.2. The summed E-state index contributed by atoms with van der Waals surface area (Å²) >= 11 is 9.56. The molecule has 0 aliphatic heterocycles. The molecule has 0 bridgehead atoms. The van der Waals surface area contributed by atoms with Crippen LogP contribution in [0.2, 0.25) is 5.02 Å². The van der Waals surface area contributed by atoms with E-state index in [2.05, 4.69) is 35.8 Å². The summed E-state index contributed by atoms with van der Waals surface area (Å²) in [5.74, 6) is 1.42. The molecule has 0 radical (unpaired) electrons. The fourth-order valence-electron chi connectivity index (χ4n) is 2.07. The van der Waals surface area contributed by atoms with E-state index in [1.807, 2.05) is 30.3 Å². The third-order valence-electron chi connectivity index (χ3n) is 3.44. The molecule has 0 amide bonds. The molecule has 2 rings (SSSR count). The van der Waals surface area contributed by atoms with Crippen molar-refractivity contribution in [1.29, 1.82) is 0 Å². The summed E-state index contributed by atoms with van der Waals surface area (Å²) in [4.78, 5) is 0. The number of hydrogen-bond donors (Lipinski definition) is 1. The topological polar surface area (TPSA) is 35.2 Å². The number of benzene rings is 2. The van der Waals surface area contributed by atoms with E-state index in [-0.39, 0.29) is 6.04 Å². The van der Waals surface area contributed by atoms with Gasteiger partial charge in [0.15, 0.2) is 0 Å². The van der Waals surface area contributed by atoms with Crippen molar-refractivity contribution in [3.8, 4) is 11.5 Å². The zero-order valence-electron chi connectivity index (χ0n) is 12.2. The van der Waals surface area contributed by atoms with E-state index in [0.717, 1.165) is 23.1 Å². The van der Waals surface area contributed by atoms with Gasteiger partial charge in [-0.15, -0.1) is 0 Å². The summed E-state index contributed by atoms with van der Waals surface area (Å²) in [6.45, 7) is 4.18. The Bertz CT molecular complexity index is 630. The first-order valence-corrected chi connectivity index (χ1v) is 8.14. The van der Waals surface area contributed by atoms with Crippen molar-refractivity contribution in [3.63, 3.8) is 0 Å². The molecule has 0 aromatic heterocycles. The first kappa shape index (κ1) is 16.3. The molecule has 0 saturated carbocycles. The van der Waals surface area contributed by atoms with Crippen molar-refractivity contribution in [1.82, 2.24) is 0 Å². The summed E-state index contributed by atoms with van der Waals surface area (Å²) in [5.41, 5.74) is 8.46. The summed E-state index contributed by atoms with van der Waals surface area (Å²) in [6, 6.07) is 11.8. The Hall–Kier alpha value is -1.03. The van der Waals surface area contributed by atoms with Gasteiger partial charge in [-0.25, -0.2) is 0 Å². The Morgan fingerprint density at radius 3 is 2.67 bits per heavy atom. The first-order valence-electron chi connectivity index (χ1n) is 6.97. The largest absolute Gasteiger partial charge is 0.456 e. The highest BCUT2D eigenvalue weighted by molar-refractivity contribution is 9.10. The van der Waals surface area contributed by atoms with Crippen LogP contribution in [0, 0.1) is 6.92 Å². The molecule has 2 aromatic rings. The molecule has 0 saturated heterocycles. The highest BCUT2D eigenvalue weighted by Gasteiger charge is 2.08. The van der Waals surface area contributed by atoms with E-state index in [9.17, 15) is 0 Å². The van der Waals surface area contributed by atoms with E-state index >= 15 is 0 Å². The number of hydrogen-bond acceptors (Lipinski definition) is 2. The maximum atomic E-state index is 6.14. The summed E-state index contributed by atoms with van der Waals surface area (Å²) in [7, 11) is 0. The molecular formula is C17H19BrClNO. The number of ether oxygens (including phenoxy) is 1. The predicted octanol–water partition coefficient (Wildman–Crippen LogP) is 5.48. The van der Waals surface area contributed by atoms with Gasteiger partial charge in [-0.2, -0.15) is 0 Å². The number of halogens is 2. The molecule has 112 valence electrons. The van der Waals surface area contributed by atoms with Gasteiger partial charge in [-0.05, 0) is 61.2 Å². The van der Waals surface area contributed by atoms with Gasteiger partial charge in [0, 0.05) is 10.5 Å². The minimum Gasteiger partial charge on any atom is -0.456 e. The van der Waals surface area contributed by atoms with Crippen molar-refractivity contribution >= 4 is 27.5 Å². The van der Waals surface area contributed by atoms with Crippen LogP contribution in [0.4, 0.5) is 0 Å². The molecule has 0 heterocycles. The number of aryl methyl sites for hydroxylation is 1. The lowest BCUT2D eigenvalue weighted by Gasteiger charge is -2.13. The molecule has 0 fully saturated rings. The Labute approximate surface area is 139 Å². The lowest BCUT2D eigenvalue weighted by Crippen LogP contribution is -2.21. The van der Waals surface area contributed by atoms with Gasteiger partial charge in [0.25, 0.3) is 0 Å². The molecule has 2 N–H and O–H groups in total. The smallest absolute Gasteiger partial charge is 0.147 e. The summed E-state index contributed by atoms with van der Waals surface area (Å²) in [5, 5.41) is 0.591. The Morgan fingerprint density at radius 2 is 2.00 bits per heavy atom. The molecule has 21 heavy (non-hydrogen) atoms. The molecule has 2 nitrogen and oxygen atoms in total. The van der Waals surface area contributed by atoms with E-state index in [0.29, 0.717) is 10.8 Å². The molecule has 4 heteroatoms. The Morgan fingerprint density at radius 1 is 1.24 bits per heavy atom. The lowest BCUT2D eigenvalue weighted by atomic mass is 10.00. The molecule has 2 aromatic carbocycles. The van der Waals surface area contributed by atoms with Crippen molar-refractivity contribution < 1.29 is 4.74 Å². The van der Waals surface area contributed by atoms with Gasteiger partial charge in [-0.3, -0.25) is 0 Å². The Balaban J connectivity index is 2.18. The van der Waals surface area contributed by atoms with Crippen LogP contribution in [-0.4, -0.2) is 6.04 Å². The predicted molar refractivity (Wildman–Crippen MR) is 92.4 cm³/mol. The minimum atomic E-state index is 0.204. The van der Waals surface area contributed by atoms with Gasteiger partial charge in [0.2, 0.25) is 0 Å². The zero-order valence-corrected chi connectivity index (χ0v) is 14.5. The van der Waals surface area contributed by atoms with Gasteiger partial charge in [-0.1, -0.05) is 40.5 Å². The van der Waals surface area contributed by atoms with E-state index in [1.54, 1.807) is 0 Å². The number of rotatable bonds is 5. The second kappa shape index (κ2) is 7.30. The molecular weight excluding hydrogens is 350 g/mol. The van der Waals surface area contributed by atoms with Crippen LogP contribution in [0.3, 0.4) is 0 Å². The van der Waals surface area contributed by atoms with Gasteiger partial charge in [0.1, 0.15) is 11.5 Å². The lowest BCUT2D eigenvalue weighted by molar-refractivity contribution is 0.481. The third-order valence-corrected chi connectivity index (χ3v) is 4.25. The standard InChI is InChI=1S/C17H19BrClNO/c1-3-14(20)9-12-4-6-15(8-11(12)2)21-17-10-13(18)5-7-16(17)19/h4-8,10,14H,3,9,20H2,1-2H3. The average Bonchev–Trinajstić information content (AvgIpc) is 2.45. The second-order valence-electron chi connectivity index (χ2n) is 5.14. The maximum Gasteiger partial charge on any atom is 0.147 e. The van der Waals surface area contributed by atoms with Crippen LogP contribution in [0.5, 0.6) is 11.5 Å². The highest BCUT2D eigenvalue weighted by Crippen LogP contribution is 2.32. The molecule has 0 aliphatic carbocycles. The molecule has 0 spiro atoms. The SMILES string of the molecule is CCC(N)Cc1ccc(Oc2cc(Br)ccc2Cl)cc1C. The van der Waals surface area contributed by atoms with Crippen LogP contribution in [-0.2, 0) is 6.42 Å². The van der Waals surface area contributed by atoms with Crippen molar-refractivity contribution in [2.24, 2.45) is 5.73 Å². The van der Waals surface area contributed by atoms with Gasteiger partial charge in [0.05, 0.1) is 5.02 Å². The maximum absolute atomic E-state index is 6.14. The van der Waals surface area contributed by atoms with E-state index < -0.39 is 0 Å². The monoisotopic (exact) mass is 367 g/mol. The van der Waals surface area contributed by atoms with Crippen molar-refractivity contribution in [2.75, 3.05) is 0 Å². The van der Waals surface area contributed by atoms with E-state index in [4.69, 9.17) is 22.1 Å². The molecule has 0 aliphatic rings. The van der Waals surface area contributed by atoms with Gasteiger partial charge < -0.3 is 10.5 Å². The summed E-state index contributed by atoms with van der Waals surface area (Å²) in [6.07, 6.45) is 1.87. The summed E-state index contributed by atoms with van der Waals surface area (Å²) < 4.78 is 6.80. The highest BCUT2D eigenvalue weighted by atomic mass is 79.9. The van der Waals surface area contributed by atoms with Crippen molar-refractivity contribution in [2.45, 2.75) is 32.7 Å². The minimum absolute atomic E-state index is 0.204. The van der Waals surface area contributed by atoms with E-state index in [1.165, 1.54) is 11.1 Å². The zero-order chi connectivity index (χ0) is 15.4. The average molecular weight is 369 g/mol. The number of nitrogens with two attached hydrogens (primary N) is 1. The quantitative estimate of drug-likeness (QED) is 0.758. The molecule has 1 atom stereocenters. The fraction of sp³-hybridized carbons (Fsp3) is 0.294. The van der Waals surface area contributed by atoms with Crippen LogP contribution in [0.15, 0.2) is 40.9 Å². The van der Waals surface area contributed by atoms with Crippen molar-refractivity contribution in [3.05, 3.63) is 57.0 Å². The Kier molecular flexibility index (Phi) is 5.68. The van der Waals surface area contributed by atoms with Crippen LogP contribution in [0.1, 0.15) is 24.5 Å². The van der Waals surface area contributed by atoms with Crippen LogP contribution in [0.25, 0.3) is 0 Å². The molecule has 1 unspecified atom stereocenters. The second-order valence-corrected chi connectivity index (χ2v) is 6.46. The van der Waals surface area contributed by atoms with Crippen LogP contribution < -0.4 is 10.5 Å². The first-order chi connectivity index (χ1) is 9.99. The van der Waals surface area contributed by atoms with Crippen LogP contribution >= 0.6 is 27.5 Å². The fourth-order valence-corrected chi connectivity index (χ4v) is 2.57. The van der Waals surface area contributed by atoms with Gasteiger partial charge >= 0.3 is 0 Å². The third kappa shape index (κ3) is 4.47.